The van der Waals surface area contributed by atoms with Crippen molar-refractivity contribution < 1.29 is 9.59 Å². The van der Waals surface area contributed by atoms with Crippen molar-refractivity contribution in [2.45, 2.75) is 52.1 Å². The molecule has 33 heavy (non-hydrogen) atoms. The van der Waals surface area contributed by atoms with E-state index in [-0.39, 0.29) is 17.4 Å². The Balaban J connectivity index is 1.62. The lowest BCUT2D eigenvalue weighted by molar-refractivity contribution is 0.0909. The van der Waals surface area contributed by atoms with E-state index in [4.69, 9.17) is 0 Å². The number of aromatic nitrogens is 2. The normalized spacial score (nSPS) is 12.2. The molecule has 0 saturated heterocycles. The molecule has 0 radical (unpaired) electrons. The fourth-order valence-corrected chi connectivity index (χ4v) is 4.16. The molecule has 6 heteroatoms. The number of pyridine rings is 1. The SMILES string of the molecule is CC(C)(C)NC(=O)c1ccc(CC(C)(C)NC(=O)c2cccc3[nH]ccc23)c2ncccc12. The summed E-state index contributed by atoms with van der Waals surface area (Å²) in [7, 11) is 0. The van der Waals surface area contributed by atoms with Crippen molar-refractivity contribution >= 4 is 33.6 Å². The highest BCUT2D eigenvalue weighted by Gasteiger charge is 2.25. The lowest BCUT2D eigenvalue weighted by atomic mass is 9.91. The van der Waals surface area contributed by atoms with Gasteiger partial charge in [0.2, 0.25) is 0 Å². The lowest BCUT2D eigenvalue weighted by Gasteiger charge is -2.27. The molecule has 170 valence electrons. The molecule has 2 amide bonds. The van der Waals surface area contributed by atoms with Gasteiger partial charge in [0.05, 0.1) is 5.52 Å². The Labute approximate surface area is 193 Å². The number of fused-ring (bicyclic) bond motifs is 2. The van der Waals surface area contributed by atoms with Gasteiger partial charge in [-0.15, -0.1) is 0 Å². The molecule has 6 nitrogen and oxygen atoms in total. The number of hydrogen-bond donors (Lipinski definition) is 3. The van der Waals surface area contributed by atoms with Crippen molar-refractivity contribution in [3.05, 3.63) is 77.6 Å². The molecule has 0 bridgehead atoms. The third-order valence-corrected chi connectivity index (χ3v) is 5.51. The summed E-state index contributed by atoms with van der Waals surface area (Å²) in [6.45, 7) is 9.87. The van der Waals surface area contributed by atoms with E-state index in [9.17, 15) is 9.59 Å². The molecule has 4 aromatic rings. The first kappa shape index (κ1) is 22.5. The molecular formula is C27H30N4O2. The second-order valence-corrected chi connectivity index (χ2v) is 10.1. The highest BCUT2D eigenvalue weighted by atomic mass is 16.2. The standard InChI is InChI=1S/C27H30N4O2/c1-26(2,3)30-24(32)21-12-11-17(23-19(21)9-7-14-29-23)16-27(4,5)31-25(33)20-8-6-10-22-18(20)13-15-28-22/h6-15,28H,16H2,1-5H3,(H,30,32)(H,31,33). The van der Waals surface area contributed by atoms with Gasteiger partial charge in [0.25, 0.3) is 11.8 Å². The Morgan fingerprint density at radius 3 is 2.33 bits per heavy atom. The molecule has 2 aromatic heterocycles. The Morgan fingerprint density at radius 2 is 1.58 bits per heavy atom. The number of hydrogen-bond acceptors (Lipinski definition) is 3. The van der Waals surface area contributed by atoms with Crippen molar-refractivity contribution in [2.24, 2.45) is 0 Å². The Bertz CT molecular complexity index is 1350. The number of benzene rings is 2. The molecule has 3 N–H and O–H groups in total. The zero-order valence-electron chi connectivity index (χ0n) is 19.7. The molecule has 0 fully saturated rings. The smallest absolute Gasteiger partial charge is 0.252 e. The van der Waals surface area contributed by atoms with Crippen molar-refractivity contribution in [2.75, 3.05) is 0 Å². The number of rotatable bonds is 5. The second kappa shape index (κ2) is 8.35. The predicted molar refractivity (Wildman–Crippen MR) is 133 cm³/mol. The minimum absolute atomic E-state index is 0.122. The van der Waals surface area contributed by atoms with Gasteiger partial charge in [-0.3, -0.25) is 14.6 Å². The van der Waals surface area contributed by atoms with Gasteiger partial charge >= 0.3 is 0 Å². The van der Waals surface area contributed by atoms with Crippen LogP contribution >= 0.6 is 0 Å². The summed E-state index contributed by atoms with van der Waals surface area (Å²) in [5, 5.41) is 7.90. The number of H-pyrrole nitrogens is 1. The molecule has 2 heterocycles. The molecule has 0 aliphatic rings. The van der Waals surface area contributed by atoms with Gasteiger partial charge in [0, 0.05) is 50.9 Å². The number of nitrogens with zero attached hydrogens (tertiary/aromatic N) is 1. The van der Waals surface area contributed by atoms with Crippen molar-refractivity contribution in [1.82, 2.24) is 20.6 Å². The van der Waals surface area contributed by atoms with Gasteiger partial charge in [-0.2, -0.15) is 0 Å². The average Bonchev–Trinajstić information content (AvgIpc) is 3.21. The van der Waals surface area contributed by atoms with Crippen LogP contribution < -0.4 is 10.6 Å². The fourth-order valence-electron chi connectivity index (χ4n) is 4.16. The third-order valence-electron chi connectivity index (χ3n) is 5.51. The molecule has 0 atom stereocenters. The average molecular weight is 443 g/mol. The number of aromatic amines is 1. The molecule has 4 rings (SSSR count). The van der Waals surface area contributed by atoms with Crippen LogP contribution in [0.15, 0.2) is 60.9 Å². The third kappa shape index (κ3) is 4.90. The van der Waals surface area contributed by atoms with E-state index in [1.807, 2.05) is 89.3 Å². The monoisotopic (exact) mass is 442 g/mol. The van der Waals surface area contributed by atoms with Crippen molar-refractivity contribution in [3.63, 3.8) is 0 Å². The Hall–Kier alpha value is -3.67. The summed E-state index contributed by atoms with van der Waals surface area (Å²) in [5.74, 6) is -0.247. The fraction of sp³-hybridized carbons (Fsp3) is 0.296. The van der Waals surface area contributed by atoms with Gasteiger partial charge < -0.3 is 15.6 Å². The molecule has 0 saturated carbocycles. The molecule has 2 aromatic carbocycles. The zero-order chi connectivity index (χ0) is 23.8. The van der Waals surface area contributed by atoms with Crippen LogP contribution in [0.5, 0.6) is 0 Å². The van der Waals surface area contributed by atoms with Crippen LogP contribution in [-0.4, -0.2) is 32.9 Å². The van der Waals surface area contributed by atoms with Gasteiger partial charge in [-0.05, 0) is 76.9 Å². The van der Waals surface area contributed by atoms with E-state index < -0.39 is 5.54 Å². The first-order chi connectivity index (χ1) is 15.5. The van der Waals surface area contributed by atoms with Gasteiger partial charge in [-0.1, -0.05) is 18.2 Å². The molecule has 0 unspecified atom stereocenters. The van der Waals surface area contributed by atoms with E-state index in [0.717, 1.165) is 27.4 Å². The van der Waals surface area contributed by atoms with Crippen LogP contribution in [0.2, 0.25) is 0 Å². The van der Waals surface area contributed by atoms with Crippen LogP contribution in [0, 0.1) is 0 Å². The second-order valence-electron chi connectivity index (χ2n) is 10.1. The first-order valence-electron chi connectivity index (χ1n) is 11.1. The molecule has 0 spiro atoms. The largest absolute Gasteiger partial charge is 0.361 e. The van der Waals surface area contributed by atoms with E-state index in [2.05, 4.69) is 20.6 Å². The minimum atomic E-state index is -0.533. The van der Waals surface area contributed by atoms with E-state index in [1.165, 1.54) is 0 Å². The van der Waals surface area contributed by atoms with Crippen molar-refractivity contribution in [3.8, 4) is 0 Å². The van der Waals surface area contributed by atoms with Gasteiger partial charge in [0.1, 0.15) is 0 Å². The van der Waals surface area contributed by atoms with Crippen LogP contribution in [0.4, 0.5) is 0 Å². The topological polar surface area (TPSA) is 86.9 Å². The quantitative estimate of drug-likeness (QED) is 0.407. The maximum absolute atomic E-state index is 13.1. The van der Waals surface area contributed by atoms with Crippen LogP contribution in [-0.2, 0) is 6.42 Å². The summed E-state index contributed by atoms with van der Waals surface area (Å²) in [6.07, 6.45) is 4.13. The molecule has 0 aliphatic heterocycles. The van der Waals surface area contributed by atoms with Gasteiger partial charge in [-0.25, -0.2) is 0 Å². The lowest BCUT2D eigenvalue weighted by Crippen LogP contribution is -2.45. The van der Waals surface area contributed by atoms with Crippen LogP contribution in [0.1, 0.15) is 60.9 Å². The molecular weight excluding hydrogens is 412 g/mol. The zero-order valence-corrected chi connectivity index (χ0v) is 19.7. The Kier molecular flexibility index (Phi) is 5.70. The first-order valence-corrected chi connectivity index (χ1v) is 11.1. The van der Waals surface area contributed by atoms with Crippen LogP contribution in [0.3, 0.4) is 0 Å². The summed E-state index contributed by atoms with van der Waals surface area (Å²) >= 11 is 0. The summed E-state index contributed by atoms with van der Waals surface area (Å²) in [5.41, 5.74) is 3.04. The Morgan fingerprint density at radius 1 is 0.848 bits per heavy atom. The highest BCUT2D eigenvalue weighted by Crippen LogP contribution is 2.26. The minimum Gasteiger partial charge on any atom is -0.361 e. The molecule has 0 aliphatic carbocycles. The van der Waals surface area contributed by atoms with E-state index in [1.54, 1.807) is 6.20 Å². The van der Waals surface area contributed by atoms with E-state index in [0.29, 0.717) is 17.5 Å². The van der Waals surface area contributed by atoms with Crippen molar-refractivity contribution in [1.29, 1.82) is 0 Å². The summed E-state index contributed by atoms with van der Waals surface area (Å²) in [4.78, 5) is 33.7. The summed E-state index contributed by atoms with van der Waals surface area (Å²) < 4.78 is 0. The van der Waals surface area contributed by atoms with Gasteiger partial charge in [0.15, 0.2) is 0 Å². The number of nitrogens with one attached hydrogen (secondary N) is 3. The summed E-state index contributed by atoms with van der Waals surface area (Å²) in [6, 6.07) is 15.1. The predicted octanol–water partition coefficient (Wildman–Crippen LogP) is 5.00. The highest BCUT2D eigenvalue weighted by molar-refractivity contribution is 6.08. The number of amides is 2. The van der Waals surface area contributed by atoms with Crippen LogP contribution in [0.25, 0.3) is 21.8 Å². The number of carbonyl (C=O) groups excluding carboxylic acids is 2. The maximum Gasteiger partial charge on any atom is 0.252 e. The number of carbonyl (C=O) groups is 2. The maximum atomic E-state index is 13.1. The van der Waals surface area contributed by atoms with E-state index >= 15 is 0 Å².